The van der Waals surface area contributed by atoms with Crippen molar-refractivity contribution in [2.24, 2.45) is 0 Å². The molecular weight excluding hydrogens is 260 g/mol. The summed E-state index contributed by atoms with van der Waals surface area (Å²) in [6.07, 6.45) is 0. The molecule has 1 aromatic carbocycles. The van der Waals surface area contributed by atoms with Crippen molar-refractivity contribution >= 4 is 17.3 Å². The SMILES string of the molecule is Cc1ncsc1C(C)NC(C(=O)O)c1ccccc1. The van der Waals surface area contributed by atoms with E-state index in [0.29, 0.717) is 0 Å². The van der Waals surface area contributed by atoms with Gasteiger partial charge in [0, 0.05) is 10.9 Å². The maximum atomic E-state index is 11.4. The van der Waals surface area contributed by atoms with Crippen LogP contribution < -0.4 is 5.32 Å². The molecule has 2 rings (SSSR count). The van der Waals surface area contributed by atoms with E-state index in [1.807, 2.05) is 44.2 Å². The van der Waals surface area contributed by atoms with Gasteiger partial charge in [-0.05, 0) is 19.4 Å². The molecule has 0 saturated carbocycles. The molecule has 0 radical (unpaired) electrons. The third-order valence-electron chi connectivity index (χ3n) is 2.97. The Morgan fingerprint density at radius 1 is 1.37 bits per heavy atom. The number of carbonyl (C=O) groups is 1. The van der Waals surface area contributed by atoms with Crippen molar-refractivity contribution in [2.75, 3.05) is 0 Å². The summed E-state index contributed by atoms with van der Waals surface area (Å²) >= 11 is 1.54. The number of thiazole rings is 1. The van der Waals surface area contributed by atoms with Gasteiger partial charge in [0.05, 0.1) is 11.2 Å². The van der Waals surface area contributed by atoms with Crippen molar-refractivity contribution in [3.8, 4) is 0 Å². The molecule has 0 aliphatic heterocycles. The van der Waals surface area contributed by atoms with Crippen LogP contribution in [0.4, 0.5) is 0 Å². The number of carboxylic acids is 1. The molecule has 2 N–H and O–H groups in total. The number of nitrogens with zero attached hydrogens (tertiary/aromatic N) is 1. The summed E-state index contributed by atoms with van der Waals surface area (Å²) in [6, 6.07) is 8.44. The van der Waals surface area contributed by atoms with Crippen LogP contribution in [0, 0.1) is 6.92 Å². The first-order valence-corrected chi connectivity index (χ1v) is 6.91. The molecule has 0 fully saturated rings. The summed E-state index contributed by atoms with van der Waals surface area (Å²) in [4.78, 5) is 16.7. The second kappa shape index (κ2) is 5.95. The molecule has 1 aromatic heterocycles. The molecule has 0 aliphatic rings. The number of carboxylic acid groups (broad SMARTS) is 1. The Bertz CT molecular complexity index is 554. The average molecular weight is 276 g/mol. The molecule has 19 heavy (non-hydrogen) atoms. The van der Waals surface area contributed by atoms with E-state index >= 15 is 0 Å². The number of nitrogens with one attached hydrogen (secondary N) is 1. The summed E-state index contributed by atoms with van der Waals surface area (Å²) in [5, 5.41) is 12.5. The van der Waals surface area contributed by atoms with E-state index in [1.54, 1.807) is 5.51 Å². The predicted octanol–water partition coefficient (Wildman–Crippen LogP) is 2.93. The second-order valence-corrected chi connectivity index (χ2v) is 5.26. The highest BCUT2D eigenvalue weighted by Gasteiger charge is 2.23. The van der Waals surface area contributed by atoms with E-state index in [-0.39, 0.29) is 6.04 Å². The van der Waals surface area contributed by atoms with E-state index in [2.05, 4.69) is 10.3 Å². The van der Waals surface area contributed by atoms with E-state index in [0.717, 1.165) is 16.1 Å². The Hall–Kier alpha value is -1.72. The summed E-state index contributed by atoms with van der Waals surface area (Å²) in [6.45, 7) is 3.89. The average Bonchev–Trinajstić information content (AvgIpc) is 2.82. The molecule has 0 amide bonds. The molecule has 0 bridgehead atoms. The summed E-state index contributed by atoms with van der Waals surface area (Å²) < 4.78 is 0. The minimum atomic E-state index is -0.875. The number of aliphatic carboxylic acids is 1. The third kappa shape index (κ3) is 3.19. The van der Waals surface area contributed by atoms with Crippen LogP contribution in [0.3, 0.4) is 0 Å². The fourth-order valence-corrected chi connectivity index (χ4v) is 2.83. The third-order valence-corrected chi connectivity index (χ3v) is 4.09. The largest absolute Gasteiger partial charge is 0.480 e. The molecule has 100 valence electrons. The maximum absolute atomic E-state index is 11.4. The number of hydrogen-bond acceptors (Lipinski definition) is 4. The first-order chi connectivity index (χ1) is 9.09. The lowest BCUT2D eigenvalue weighted by Gasteiger charge is -2.20. The number of rotatable bonds is 5. The van der Waals surface area contributed by atoms with Gasteiger partial charge in [-0.3, -0.25) is 10.1 Å². The Balaban J connectivity index is 2.19. The number of hydrogen-bond donors (Lipinski definition) is 2. The first-order valence-electron chi connectivity index (χ1n) is 6.03. The Morgan fingerprint density at radius 3 is 2.58 bits per heavy atom. The highest BCUT2D eigenvalue weighted by atomic mass is 32.1. The van der Waals surface area contributed by atoms with Crippen LogP contribution in [0.1, 0.15) is 35.1 Å². The van der Waals surface area contributed by atoms with Crippen molar-refractivity contribution in [1.82, 2.24) is 10.3 Å². The van der Waals surface area contributed by atoms with Crippen molar-refractivity contribution in [2.45, 2.75) is 25.9 Å². The molecule has 5 heteroatoms. The van der Waals surface area contributed by atoms with E-state index < -0.39 is 12.0 Å². The van der Waals surface area contributed by atoms with Crippen LogP contribution in [0.25, 0.3) is 0 Å². The Morgan fingerprint density at radius 2 is 2.05 bits per heavy atom. The van der Waals surface area contributed by atoms with Gasteiger partial charge in [0.1, 0.15) is 6.04 Å². The van der Waals surface area contributed by atoms with Crippen molar-refractivity contribution in [1.29, 1.82) is 0 Å². The van der Waals surface area contributed by atoms with Crippen molar-refractivity contribution < 1.29 is 9.90 Å². The van der Waals surface area contributed by atoms with Crippen LogP contribution in [0.15, 0.2) is 35.8 Å². The van der Waals surface area contributed by atoms with Crippen molar-refractivity contribution in [3.63, 3.8) is 0 Å². The quantitative estimate of drug-likeness (QED) is 0.881. The lowest BCUT2D eigenvalue weighted by Crippen LogP contribution is -2.30. The van der Waals surface area contributed by atoms with Gasteiger partial charge in [-0.2, -0.15) is 0 Å². The van der Waals surface area contributed by atoms with Gasteiger partial charge in [-0.1, -0.05) is 30.3 Å². The van der Waals surface area contributed by atoms with Gasteiger partial charge in [0.2, 0.25) is 0 Å². The minimum Gasteiger partial charge on any atom is -0.480 e. The molecule has 2 aromatic rings. The monoisotopic (exact) mass is 276 g/mol. The molecular formula is C14H16N2O2S. The van der Waals surface area contributed by atoms with E-state index in [1.165, 1.54) is 11.3 Å². The summed E-state index contributed by atoms with van der Waals surface area (Å²) in [5.41, 5.74) is 3.48. The van der Waals surface area contributed by atoms with Gasteiger partial charge in [-0.25, -0.2) is 4.98 Å². The summed E-state index contributed by atoms with van der Waals surface area (Å²) in [5.74, 6) is -0.875. The molecule has 0 spiro atoms. The summed E-state index contributed by atoms with van der Waals surface area (Å²) in [7, 11) is 0. The standard InChI is InChI=1S/C14H16N2O2S/c1-9-13(19-8-15-9)10(2)16-12(14(17)18)11-6-4-3-5-7-11/h3-8,10,12,16H,1-2H3,(H,17,18). The normalized spacial score (nSPS) is 14.0. The lowest BCUT2D eigenvalue weighted by atomic mass is 10.1. The van der Waals surface area contributed by atoms with Gasteiger partial charge < -0.3 is 5.11 Å². The highest BCUT2D eigenvalue weighted by Crippen LogP contribution is 2.24. The lowest BCUT2D eigenvalue weighted by molar-refractivity contribution is -0.139. The Kier molecular flexibility index (Phi) is 4.29. The van der Waals surface area contributed by atoms with Crippen LogP contribution in [-0.2, 0) is 4.79 Å². The minimum absolute atomic E-state index is 0.0474. The fraction of sp³-hybridized carbons (Fsp3) is 0.286. The van der Waals surface area contributed by atoms with Crippen LogP contribution >= 0.6 is 11.3 Å². The van der Waals surface area contributed by atoms with Crippen molar-refractivity contribution in [3.05, 3.63) is 52.0 Å². The topological polar surface area (TPSA) is 62.2 Å². The van der Waals surface area contributed by atoms with Gasteiger partial charge >= 0.3 is 5.97 Å². The zero-order chi connectivity index (χ0) is 13.8. The zero-order valence-corrected chi connectivity index (χ0v) is 11.6. The molecule has 0 aliphatic carbocycles. The number of benzene rings is 1. The molecule has 2 unspecified atom stereocenters. The van der Waals surface area contributed by atoms with Crippen LogP contribution in [0.2, 0.25) is 0 Å². The van der Waals surface area contributed by atoms with Crippen LogP contribution in [-0.4, -0.2) is 16.1 Å². The van der Waals surface area contributed by atoms with Gasteiger partial charge in [-0.15, -0.1) is 11.3 Å². The fourth-order valence-electron chi connectivity index (χ4n) is 2.01. The highest BCUT2D eigenvalue weighted by molar-refractivity contribution is 7.09. The molecule has 2 atom stereocenters. The van der Waals surface area contributed by atoms with E-state index in [4.69, 9.17) is 0 Å². The van der Waals surface area contributed by atoms with Crippen LogP contribution in [0.5, 0.6) is 0 Å². The Labute approximate surface area is 116 Å². The van der Waals surface area contributed by atoms with Gasteiger partial charge in [0.25, 0.3) is 0 Å². The first kappa shape index (κ1) is 13.7. The molecule has 1 heterocycles. The smallest absolute Gasteiger partial charge is 0.325 e. The molecule has 0 saturated heterocycles. The molecule has 4 nitrogen and oxygen atoms in total. The predicted molar refractivity (Wildman–Crippen MR) is 75.2 cm³/mol. The number of aromatic nitrogens is 1. The van der Waals surface area contributed by atoms with Gasteiger partial charge in [0.15, 0.2) is 0 Å². The maximum Gasteiger partial charge on any atom is 0.325 e. The zero-order valence-electron chi connectivity index (χ0n) is 10.8. The number of aryl methyl sites for hydroxylation is 1. The van der Waals surface area contributed by atoms with E-state index in [9.17, 15) is 9.90 Å². The second-order valence-electron chi connectivity index (χ2n) is 4.37.